The lowest BCUT2D eigenvalue weighted by molar-refractivity contribution is -0.130. The van der Waals surface area contributed by atoms with Crippen molar-refractivity contribution in [3.8, 4) is 0 Å². The summed E-state index contributed by atoms with van der Waals surface area (Å²) in [7, 11) is 0. The SMILES string of the molecule is Cc1cc(=O)[nH]c2ccc(NC(=O)C3C=C(C(=O)N4CCOCC4)C=CC3N3CCOCC3)cc12. The Morgan fingerprint density at radius 3 is 2.49 bits per heavy atom. The minimum absolute atomic E-state index is 0.0759. The van der Waals surface area contributed by atoms with Gasteiger partial charge in [0.2, 0.25) is 11.5 Å². The summed E-state index contributed by atoms with van der Waals surface area (Å²) in [4.78, 5) is 45.3. The second kappa shape index (κ2) is 10.2. The van der Waals surface area contributed by atoms with Crippen molar-refractivity contribution in [2.75, 3.05) is 57.9 Å². The average molecular weight is 479 g/mol. The van der Waals surface area contributed by atoms with Crippen LogP contribution in [0.2, 0.25) is 0 Å². The zero-order chi connectivity index (χ0) is 24.4. The van der Waals surface area contributed by atoms with Crippen molar-refractivity contribution in [3.63, 3.8) is 0 Å². The van der Waals surface area contributed by atoms with Gasteiger partial charge in [-0.3, -0.25) is 19.3 Å². The summed E-state index contributed by atoms with van der Waals surface area (Å²) in [6.07, 6.45) is 5.62. The van der Waals surface area contributed by atoms with Crippen molar-refractivity contribution in [1.29, 1.82) is 0 Å². The minimum atomic E-state index is -0.537. The number of nitrogens with one attached hydrogen (secondary N) is 2. The molecule has 9 heteroatoms. The summed E-state index contributed by atoms with van der Waals surface area (Å²) in [6.45, 7) is 6.69. The maximum atomic E-state index is 13.6. The molecule has 9 nitrogen and oxygen atoms in total. The Labute approximate surface area is 203 Å². The molecule has 2 aromatic rings. The van der Waals surface area contributed by atoms with Gasteiger partial charge in [0.15, 0.2) is 0 Å². The number of aromatic nitrogens is 1. The Bertz CT molecular complexity index is 1240. The van der Waals surface area contributed by atoms with Crippen LogP contribution in [0.15, 0.2) is 52.9 Å². The van der Waals surface area contributed by atoms with E-state index in [9.17, 15) is 14.4 Å². The molecule has 5 rings (SSSR count). The molecule has 1 aliphatic carbocycles. The van der Waals surface area contributed by atoms with E-state index >= 15 is 0 Å². The summed E-state index contributed by atoms with van der Waals surface area (Å²) in [5, 5.41) is 3.91. The normalized spacial score (nSPS) is 23.2. The van der Waals surface area contributed by atoms with E-state index in [-0.39, 0.29) is 23.4 Å². The van der Waals surface area contributed by atoms with Crippen LogP contribution in [0.25, 0.3) is 10.9 Å². The molecule has 1 aromatic heterocycles. The number of ether oxygens (including phenoxy) is 2. The van der Waals surface area contributed by atoms with Gasteiger partial charge in [-0.15, -0.1) is 0 Å². The van der Waals surface area contributed by atoms with E-state index in [4.69, 9.17) is 9.47 Å². The highest BCUT2D eigenvalue weighted by Gasteiger charge is 2.34. The Kier molecular flexibility index (Phi) is 6.81. The summed E-state index contributed by atoms with van der Waals surface area (Å²) in [6, 6.07) is 6.81. The Hall–Kier alpha value is -3.27. The molecule has 3 heterocycles. The van der Waals surface area contributed by atoms with E-state index in [0.29, 0.717) is 50.8 Å². The molecule has 2 aliphatic heterocycles. The van der Waals surface area contributed by atoms with E-state index in [1.165, 1.54) is 0 Å². The van der Waals surface area contributed by atoms with Gasteiger partial charge in [-0.05, 0) is 30.7 Å². The van der Waals surface area contributed by atoms with Crippen LogP contribution >= 0.6 is 0 Å². The monoisotopic (exact) mass is 478 g/mol. The molecule has 2 amide bonds. The van der Waals surface area contributed by atoms with E-state index in [1.807, 2.05) is 25.1 Å². The Morgan fingerprint density at radius 1 is 1.03 bits per heavy atom. The second-order valence-corrected chi connectivity index (χ2v) is 9.12. The zero-order valence-corrected chi connectivity index (χ0v) is 19.8. The summed E-state index contributed by atoms with van der Waals surface area (Å²) >= 11 is 0. The number of amides is 2. The van der Waals surface area contributed by atoms with Crippen LogP contribution in [-0.2, 0) is 19.1 Å². The fraction of sp³-hybridized carbons (Fsp3) is 0.423. The number of hydrogen-bond donors (Lipinski definition) is 2. The number of aryl methyl sites for hydroxylation is 1. The van der Waals surface area contributed by atoms with Gasteiger partial charge < -0.3 is 24.7 Å². The number of anilines is 1. The van der Waals surface area contributed by atoms with Crippen LogP contribution in [0.3, 0.4) is 0 Å². The number of carbonyl (C=O) groups is 2. The molecule has 0 bridgehead atoms. The second-order valence-electron chi connectivity index (χ2n) is 9.12. The Morgan fingerprint density at radius 2 is 1.74 bits per heavy atom. The lowest BCUT2D eigenvalue weighted by Crippen LogP contribution is -2.50. The van der Waals surface area contributed by atoms with Crippen LogP contribution < -0.4 is 10.9 Å². The standard InChI is InChI=1S/C26H30N4O5/c1-17-14-24(31)28-22-4-3-19(16-20(17)22)27-25(32)21-15-18(26(33)30-8-12-35-13-9-30)2-5-23(21)29-6-10-34-11-7-29/h2-5,14-16,21,23H,6-13H2,1H3,(H,27,32)(H,28,31). The number of fused-ring (bicyclic) bond motifs is 1. The molecule has 2 fully saturated rings. The number of aromatic amines is 1. The number of morpholine rings is 2. The van der Waals surface area contributed by atoms with Crippen molar-refractivity contribution in [2.45, 2.75) is 13.0 Å². The van der Waals surface area contributed by atoms with Crippen LogP contribution in [0.4, 0.5) is 5.69 Å². The van der Waals surface area contributed by atoms with Gasteiger partial charge in [0.1, 0.15) is 0 Å². The molecule has 184 valence electrons. The molecular formula is C26H30N4O5. The molecule has 2 saturated heterocycles. The van der Waals surface area contributed by atoms with E-state index in [0.717, 1.165) is 29.6 Å². The summed E-state index contributed by atoms with van der Waals surface area (Å²) < 4.78 is 10.9. The highest BCUT2D eigenvalue weighted by molar-refractivity contribution is 6.01. The van der Waals surface area contributed by atoms with Crippen LogP contribution in [0.1, 0.15) is 5.56 Å². The first kappa shape index (κ1) is 23.5. The zero-order valence-electron chi connectivity index (χ0n) is 19.8. The molecule has 1 aromatic carbocycles. The molecule has 35 heavy (non-hydrogen) atoms. The van der Waals surface area contributed by atoms with E-state index in [2.05, 4.69) is 15.2 Å². The summed E-state index contributed by atoms with van der Waals surface area (Å²) in [5.74, 6) is -0.793. The number of pyridine rings is 1. The number of rotatable bonds is 4. The van der Waals surface area contributed by atoms with Gasteiger partial charge in [0.25, 0.3) is 5.91 Å². The Balaban J connectivity index is 1.41. The van der Waals surface area contributed by atoms with Crippen molar-refractivity contribution in [1.82, 2.24) is 14.8 Å². The van der Waals surface area contributed by atoms with Gasteiger partial charge in [0.05, 0.1) is 32.3 Å². The van der Waals surface area contributed by atoms with E-state index < -0.39 is 5.92 Å². The third-order valence-electron chi connectivity index (χ3n) is 6.83. The predicted molar refractivity (Wildman–Crippen MR) is 132 cm³/mol. The molecule has 2 atom stereocenters. The van der Waals surface area contributed by atoms with E-state index in [1.54, 1.807) is 29.2 Å². The quantitative estimate of drug-likeness (QED) is 0.690. The van der Waals surface area contributed by atoms with Crippen molar-refractivity contribution in [3.05, 3.63) is 64.0 Å². The fourth-order valence-electron chi connectivity index (χ4n) is 4.94. The molecule has 2 N–H and O–H groups in total. The van der Waals surface area contributed by atoms with Crippen LogP contribution in [-0.4, -0.2) is 85.2 Å². The van der Waals surface area contributed by atoms with Gasteiger partial charge in [-0.1, -0.05) is 18.2 Å². The highest BCUT2D eigenvalue weighted by atomic mass is 16.5. The molecular weight excluding hydrogens is 448 g/mol. The van der Waals surface area contributed by atoms with Gasteiger partial charge in [-0.25, -0.2) is 0 Å². The number of hydrogen-bond acceptors (Lipinski definition) is 6. The topological polar surface area (TPSA) is 104 Å². The average Bonchev–Trinajstić information content (AvgIpc) is 2.89. The number of H-pyrrole nitrogens is 1. The third-order valence-corrected chi connectivity index (χ3v) is 6.83. The number of nitrogens with zero attached hydrogens (tertiary/aromatic N) is 2. The van der Waals surface area contributed by atoms with Gasteiger partial charge in [-0.2, -0.15) is 0 Å². The summed E-state index contributed by atoms with van der Waals surface area (Å²) in [5.41, 5.74) is 2.57. The number of benzene rings is 1. The molecule has 0 spiro atoms. The van der Waals surface area contributed by atoms with Gasteiger partial charge in [0, 0.05) is 60.5 Å². The highest BCUT2D eigenvalue weighted by Crippen LogP contribution is 2.27. The van der Waals surface area contributed by atoms with Crippen molar-refractivity contribution < 1.29 is 19.1 Å². The van der Waals surface area contributed by atoms with Crippen molar-refractivity contribution >= 4 is 28.4 Å². The lowest BCUT2D eigenvalue weighted by atomic mass is 9.88. The third kappa shape index (κ3) is 5.07. The first-order valence-corrected chi connectivity index (χ1v) is 12.0. The predicted octanol–water partition coefficient (Wildman–Crippen LogP) is 1.45. The maximum absolute atomic E-state index is 13.6. The molecule has 3 aliphatic rings. The smallest absolute Gasteiger partial charge is 0.253 e. The minimum Gasteiger partial charge on any atom is -0.379 e. The first-order valence-electron chi connectivity index (χ1n) is 12.0. The first-order chi connectivity index (χ1) is 17.0. The fourth-order valence-corrected chi connectivity index (χ4v) is 4.94. The van der Waals surface area contributed by atoms with Crippen molar-refractivity contribution in [2.24, 2.45) is 5.92 Å². The molecule has 2 unspecified atom stereocenters. The van der Waals surface area contributed by atoms with Crippen LogP contribution in [0, 0.1) is 12.8 Å². The maximum Gasteiger partial charge on any atom is 0.253 e. The largest absolute Gasteiger partial charge is 0.379 e. The van der Waals surface area contributed by atoms with Gasteiger partial charge >= 0.3 is 0 Å². The lowest BCUT2D eigenvalue weighted by Gasteiger charge is -2.38. The molecule has 0 radical (unpaired) electrons. The molecule has 0 saturated carbocycles. The number of carbonyl (C=O) groups excluding carboxylic acids is 2. The van der Waals surface area contributed by atoms with Crippen LogP contribution in [0.5, 0.6) is 0 Å².